The Bertz CT molecular complexity index is 542. The average Bonchev–Trinajstić information content (AvgIpc) is 2.42. The van der Waals surface area contributed by atoms with Crippen molar-refractivity contribution < 1.29 is 14.6 Å². The molecular weight excluding hydrogens is 280 g/mol. The van der Waals surface area contributed by atoms with Gasteiger partial charge >= 0.3 is 5.97 Å². The van der Waals surface area contributed by atoms with Crippen LogP contribution in [0, 0.1) is 11.3 Å². The van der Waals surface area contributed by atoms with Crippen LogP contribution in [0.25, 0.3) is 0 Å². The largest absolute Gasteiger partial charge is 0.481 e. The summed E-state index contributed by atoms with van der Waals surface area (Å²) in [4.78, 5) is 12.9. The van der Waals surface area contributed by atoms with Crippen molar-refractivity contribution in [2.75, 3.05) is 19.8 Å². The molecule has 0 aromatic heterocycles. The van der Waals surface area contributed by atoms with E-state index in [0.29, 0.717) is 36.9 Å². The van der Waals surface area contributed by atoms with Gasteiger partial charge in [-0.2, -0.15) is 5.26 Å². The number of hydrogen-bond acceptors (Lipinski definition) is 4. The van der Waals surface area contributed by atoms with Crippen LogP contribution in [0.5, 0.6) is 0 Å². The van der Waals surface area contributed by atoms with E-state index in [1.807, 2.05) is 12.1 Å². The maximum absolute atomic E-state index is 10.9. The van der Waals surface area contributed by atoms with E-state index in [1.165, 1.54) is 0 Å². The molecular formula is C14H15ClN2O3. The standard InChI is InChI=1S/C14H15ClN2O3/c15-13-5-10(7-16)1-2-11(13)8-17-3-4-20-9-12(17)6-14(18)19/h1-2,5,12H,3-4,6,8-9H2,(H,18,19). The monoisotopic (exact) mass is 294 g/mol. The van der Waals surface area contributed by atoms with Gasteiger partial charge in [-0.05, 0) is 17.7 Å². The fourth-order valence-electron chi connectivity index (χ4n) is 2.25. The van der Waals surface area contributed by atoms with Crippen molar-refractivity contribution >= 4 is 17.6 Å². The number of morpholine rings is 1. The number of ether oxygens (including phenoxy) is 1. The predicted octanol–water partition coefficient (Wildman–Crippen LogP) is 1.89. The summed E-state index contributed by atoms with van der Waals surface area (Å²) in [5.74, 6) is -0.837. The first-order valence-corrected chi connectivity index (χ1v) is 6.70. The highest BCUT2D eigenvalue weighted by Gasteiger charge is 2.25. The van der Waals surface area contributed by atoms with Crippen LogP contribution in [0.1, 0.15) is 17.5 Å². The Morgan fingerprint density at radius 2 is 2.40 bits per heavy atom. The van der Waals surface area contributed by atoms with Crippen molar-refractivity contribution in [2.45, 2.75) is 19.0 Å². The fraction of sp³-hybridized carbons (Fsp3) is 0.429. The second kappa shape index (κ2) is 6.71. The Kier molecular flexibility index (Phi) is 4.96. The van der Waals surface area contributed by atoms with Crippen molar-refractivity contribution in [1.82, 2.24) is 4.90 Å². The van der Waals surface area contributed by atoms with Gasteiger partial charge in [-0.15, -0.1) is 0 Å². The SMILES string of the molecule is N#Cc1ccc(CN2CCOCC2CC(=O)O)c(Cl)c1. The third-order valence-electron chi connectivity index (χ3n) is 3.32. The lowest BCUT2D eigenvalue weighted by Crippen LogP contribution is -2.45. The lowest BCUT2D eigenvalue weighted by Gasteiger charge is -2.34. The van der Waals surface area contributed by atoms with Crippen molar-refractivity contribution in [3.05, 3.63) is 34.3 Å². The van der Waals surface area contributed by atoms with Crippen LogP contribution in [0.4, 0.5) is 0 Å². The number of halogens is 1. The van der Waals surface area contributed by atoms with E-state index in [2.05, 4.69) is 4.90 Å². The zero-order valence-electron chi connectivity index (χ0n) is 10.9. The maximum Gasteiger partial charge on any atom is 0.305 e. The van der Waals surface area contributed by atoms with Crippen LogP contribution in [0.3, 0.4) is 0 Å². The molecule has 6 heteroatoms. The van der Waals surface area contributed by atoms with Gasteiger partial charge in [0.05, 0.1) is 31.3 Å². The smallest absolute Gasteiger partial charge is 0.305 e. The highest BCUT2D eigenvalue weighted by atomic mass is 35.5. The Labute approximate surface area is 122 Å². The van der Waals surface area contributed by atoms with E-state index >= 15 is 0 Å². The van der Waals surface area contributed by atoms with Crippen molar-refractivity contribution in [3.8, 4) is 6.07 Å². The summed E-state index contributed by atoms with van der Waals surface area (Å²) in [5, 5.41) is 18.3. The quantitative estimate of drug-likeness (QED) is 0.918. The highest BCUT2D eigenvalue weighted by molar-refractivity contribution is 6.31. The van der Waals surface area contributed by atoms with Gasteiger partial charge < -0.3 is 9.84 Å². The van der Waals surface area contributed by atoms with E-state index in [9.17, 15) is 4.79 Å². The van der Waals surface area contributed by atoms with Gasteiger partial charge in [0.1, 0.15) is 0 Å². The number of carboxylic acid groups (broad SMARTS) is 1. The molecule has 0 radical (unpaired) electrons. The number of carboxylic acids is 1. The predicted molar refractivity (Wildman–Crippen MR) is 73.4 cm³/mol. The van der Waals surface area contributed by atoms with E-state index in [4.69, 9.17) is 26.7 Å². The zero-order chi connectivity index (χ0) is 14.5. The van der Waals surface area contributed by atoms with Crippen molar-refractivity contribution in [2.24, 2.45) is 0 Å². The second-order valence-corrected chi connectivity index (χ2v) is 5.12. The molecule has 0 aliphatic carbocycles. The number of nitriles is 1. The first kappa shape index (κ1) is 14.8. The second-order valence-electron chi connectivity index (χ2n) is 4.72. The molecule has 1 unspecified atom stereocenters. The van der Waals surface area contributed by atoms with Gasteiger partial charge in [0.2, 0.25) is 0 Å². The molecule has 0 bridgehead atoms. The molecule has 0 saturated carbocycles. The molecule has 1 aliphatic heterocycles. The molecule has 1 N–H and O–H groups in total. The molecule has 1 atom stereocenters. The lowest BCUT2D eigenvalue weighted by atomic mass is 10.1. The Morgan fingerprint density at radius 1 is 1.60 bits per heavy atom. The van der Waals surface area contributed by atoms with Gasteiger partial charge in [-0.3, -0.25) is 9.69 Å². The first-order chi connectivity index (χ1) is 9.60. The maximum atomic E-state index is 10.9. The molecule has 1 aromatic carbocycles. The number of aliphatic carboxylic acids is 1. The van der Waals surface area contributed by atoms with Crippen molar-refractivity contribution in [1.29, 1.82) is 5.26 Å². The van der Waals surface area contributed by atoms with E-state index in [1.54, 1.807) is 12.1 Å². The topological polar surface area (TPSA) is 73.6 Å². The Morgan fingerprint density at radius 3 is 3.05 bits per heavy atom. The molecule has 1 heterocycles. The van der Waals surface area contributed by atoms with Crippen LogP contribution >= 0.6 is 11.6 Å². The van der Waals surface area contributed by atoms with E-state index in [0.717, 1.165) is 5.56 Å². The van der Waals surface area contributed by atoms with Gasteiger partial charge in [-0.1, -0.05) is 17.7 Å². The van der Waals surface area contributed by atoms with Crippen LogP contribution in [0.15, 0.2) is 18.2 Å². The summed E-state index contributed by atoms with van der Waals surface area (Å²) in [7, 11) is 0. The molecule has 20 heavy (non-hydrogen) atoms. The number of hydrogen-bond donors (Lipinski definition) is 1. The Balaban J connectivity index is 2.10. The summed E-state index contributed by atoms with van der Waals surface area (Å²) in [6.45, 7) is 2.24. The fourth-order valence-corrected chi connectivity index (χ4v) is 2.49. The lowest BCUT2D eigenvalue weighted by molar-refractivity contribution is -0.140. The molecule has 1 aliphatic rings. The number of carbonyl (C=O) groups is 1. The third-order valence-corrected chi connectivity index (χ3v) is 3.67. The van der Waals surface area contributed by atoms with Gasteiger partial charge in [0, 0.05) is 24.2 Å². The molecule has 1 aromatic rings. The van der Waals surface area contributed by atoms with E-state index in [-0.39, 0.29) is 12.5 Å². The Hall–Kier alpha value is -1.61. The molecule has 1 fully saturated rings. The molecule has 5 nitrogen and oxygen atoms in total. The number of benzene rings is 1. The molecule has 0 amide bonds. The zero-order valence-corrected chi connectivity index (χ0v) is 11.6. The van der Waals surface area contributed by atoms with Crippen LogP contribution in [-0.4, -0.2) is 41.8 Å². The van der Waals surface area contributed by atoms with Crippen LogP contribution < -0.4 is 0 Å². The summed E-state index contributed by atoms with van der Waals surface area (Å²) in [5.41, 5.74) is 1.41. The summed E-state index contributed by atoms with van der Waals surface area (Å²) < 4.78 is 5.34. The first-order valence-electron chi connectivity index (χ1n) is 6.32. The molecule has 1 saturated heterocycles. The van der Waals surface area contributed by atoms with Crippen LogP contribution in [-0.2, 0) is 16.1 Å². The number of nitrogens with zero attached hydrogens (tertiary/aromatic N) is 2. The minimum atomic E-state index is -0.837. The normalized spacial score (nSPS) is 19.5. The highest BCUT2D eigenvalue weighted by Crippen LogP contribution is 2.22. The molecule has 2 rings (SSSR count). The van der Waals surface area contributed by atoms with Gasteiger partial charge in [-0.25, -0.2) is 0 Å². The minimum Gasteiger partial charge on any atom is -0.481 e. The third kappa shape index (κ3) is 3.70. The van der Waals surface area contributed by atoms with E-state index < -0.39 is 5.97 Å². The minimum absolute atomic E-state index is 0.0495. The number of rotatable bonds is 4. The average molecular weight is 295 g/mol. The van der Waals surface area contributed by atoms with Crippen molar-refractivity contribution in [3.63, 3.8) is 0 Å². The van der Waals surface area contributed by atoms with Crippen LogP contribution in [0.2, 0.25) is 5.02 Å². The summed E-state index contributed by atoms with van der Waals surface area (Å²) in [6, 6.07) is 7.05. The van der Waals surface area contributed by atoms with Gasteiger partial charge in [0.15, 0.2) is 0 Å². The summed E-state index contributed by atoms with van der Waals surface area (Å²) >= 11 is 6.16. The van der Waals surface area contributed by atoms with Gasteiger partial charge in [0.25, 0.3) is 0 Å². The summed E-state index contributed by atoms with van der Waals surface area (Å²) in [6.07, 6.45) is 0.0495. The molecule has 0 spiro atoms. The molecule has 106 valence electrons.